The second kappa shape index (κ2) is 5.04. The van der Waals surface area contributed by atoms with E-state index >= 15 is 0 Å². The van der Waals surface area contributed by atoms with Gasteiger partial charge >= 0.3 is 5.97 Å². The highest BCUT2D eigenvalue weighted by Gasteiger charge is 2.50. The summed E-state index contributed by atoms with van der Waals surface area (Å²) in [6.45, 7) is 2.26. The lowest BCUT2D eigenvalue weighted by atomic mass is 9.94. The van der Waals surface area contributed by atoms with Crippen molar-refractivity contribution in [3.05, 3.63) is 0 Å². The Balaban J connectivity index is 1.69. The third-order valence-corrected chi connectivity index (χ3v) is 3.86. The molecular weight excluding hydrogens is 220 g/mol. The van der Waals surface area contributed by atoms with Gasteiger partial charge in [0, 0.05) is 13.0 Å². The van der Waals surface area contributed by atoms with Gasteiger partial charge in [-0.15, -0.1) is 0 Å². The molecule has 0 unspecified atom stereocenters. The fourth-order valence-electron chi connectivity index (χ4n) is 2.31. The van der Waals surface area contributed by atoms with E-state index in [0.717, 1.165) is 25.9 Å². The van der Waals surface area contributed by atoms with E-state index < -0.39 is 11.4 Å². The molecule has 2 rings (SSSR count). The Morgan fingerprint density at radius 3 is 2.47 bits per heavy atom. The number of carboxylic acid groups (broad SMARTS) is 1. The molecule has 5 heteroatoms. The molecule has 0 aromatic heterocycles. The first-order valence-corrected chi connectivity index (χ1v) is 6.33. The Morgan fingerprint density at radius 2 is 1.94 bits per heavy atom. The Hall–Kier alpha value is -1.10. The Kier molecular flexibility index (Phi) is 3.66. The van der Waals surface area contributed by atoms with Crippen LogP contribution in [0.4, 0.5) is 0 Å². The van der Waals surface area contributed by atoms with Crippen LogP contribution in [0, 0.1) is 11.3 Å². The summed E-state index contributed by atoms with van der Waals surface area (Å²) in [6, 6.07) is 0. The van der Waals surface area contributed by atoms with Crippen molar-refractivity contribution in [2.45, 2.75) is 32.1 Å². The summed E-state index contributed by atoms with van der Waals surface area (Å²) in [5.41, 5.74) is -0.649. The summed E-state index contributed by atoms with van der Waals surface area (Å²) >= 11 is 0. The van der Waals surface area contributed by atoms with Crippen molar-refractivity contribution in [3.63, 3.8) is 0 Å². The number of amides is 1. The van der Waals surface area contributed by atoms with Crippen LogP contribution < -0.4 is 10.6 Å². The average Bonchev–Trinajstić information content (AvgIpc) is 3.09. The molecule has 0 spiro atoms. The van der Waals surface area contributed by atoms with E-state index in [1.807, 2.05) is 0 Å². The zero-order valence-electron chi connectivity index (χ0n) is 10.00. The number of nitrogens with one attached hydrogen (secondary N) is 2. The number of carbonyl (C=O) groups excluding carboxylic acids is 1. The third-order valence-electron chi connectivity index (χ3n) is 3.86. The highest BCUT2D eigenvalue weighted by atomic mass is 16.4. The minimum Gasteiger partial charge on any atom is -0.481 e. The van der Waals surface area contributed by atoms with Gasteiger partial charge < -0.3 is 15.7 Å². The van der Waals surface area contributed by atoms with Crippen LogP contribution in [0.25, 0.3) is 0 Å². The van der Waals surface area contributed by atoms with E-state index in [9.17, 15) is 9.59 Å². The van der Waals surface area contributed by atoms with Crippen LogP contribution in [0.3, 0.4) is 0 Å². The molecule has 17 heavy (non-hydrogen) atoms. The second-order valence-electron chi connectivity index (χ2n) is 5.26. The third kappa shape index (κ3) is 3.19. The summed E-state index contributed by atoms with van der Waals surface area (Å²) in [7, 11) is 0. The Labute approximate surface area is 101 Å². The predicted molar refractivity (Wildman–Crippen MR) is 62.5 cm³/mol. The minimum atomic E-state index is -0.778. The van der Waals surface area contributed by atoms with Crippen LogP contribution in [0.15, 0.2) is 0 Å². The molecule has 0 aromatic rings. The molecule has 1 aliphatic carbocycles. The van der Waals surface area contributed by atoms with Crippen molar-refractivity contribution < 1.29 is 14.7 Å². The molecule has 1 saturated heterocycles. The van der Waals surface area contributed by atoms with Gasteiger partial charge in [0.15, 0.2) is 0 Å². The molecule has 0 bridgehead atoms. The molecule has 5 nitrogen and oxygen atoms in total. The largest absolute Gasteiger partial charge is 0.481 e. The molecule has 1 saturated carbocycles. The molecular formula is C12H20N2O3. The topological polar surface area (TPSA) is 78.4 Å². The molecule has 2 aliphatic rings. The molecule has 1 heterocycles. The van der Waals surface area contributed by atoms with Crippen molar-refractivity contribution >= 4 is 11.9 Å². The van der Waals surface area contributed by atoms with E-state index in [1.165, 1.54) is 0 Å². The van der Waals surface area contributed by atoms with Gasteiger partial charge in [-0.25, -0.2) is 0 Å². The summed E-state index contributed by atoms with van der Waals surface area (Å²) in [4.78, 5) is 22.6. The second-order valence-corrected chi connectivity index (χ2v) is 5.26. The first-order valence-electron chi connectivity index (χ1n) is 6.33. The van der Waals surface area contributed by atoms with Crippen LogP contribution in [0.2, 0.25) is 0 Å². The van der Waals surface area contributed by atoms with E-state index in [2.05, 4.69) is 10.6 Å². The number of piperidine rings is 1. The smallest absolute Gasteiger partial charge is 0.311 e. The maximum absolute atomic E-state index is 11.7. The highest BCUT2D eigenvalue weighted by molar-refractivity contribution is 5.81. The monoisotopic (exact) mass is 240 g/mol. The van der Waals surface area contributed by atoms with Gasteiger partial charge in [-0.2, -0.15) is 0 Å². The van der Waals surface area contributed by atoms with Crippen molar-refractivity contribution in [1.82, 2.24) is 10.6 Å². The van der Waals surface area contributed by atoms with Gasteiger partial charge in [0.1, 0.15) is 0 Å². The lowest BCUT2D eigenvalue weighted by Gasteiger charge is -2.22. The number of carboxylic acids is 1. The minimum absolute atomic E-state index is 0.00410. The number of hydrogen-bond acceptors (Lipinski definition) is 3. The van der Waals surface area contributed by atoms with Crippen LogP contribution >= 0.6 is 0 Å². The summed E-state index contributed by atoms with van der Waals surface area (Å²) in [5, 5.41) is 15.0. The average molecular weight is 240 g/mol. The number of carbonyl (C=O) groups is 2. The van der Waals surface area contributed by atoms with E-state index in [4.69, 9.17) is 5.11 Å². The molecule has 2 fully saturated rings. The molecule has 0 radical (unpaired) electrons. The maximum atomic E-state index is 11.7. The fraction of sp³-hybridized carbons (Fsp3) is 0.833. The zero-order chi connectivity index (χ0) is 12.3. The van der Waals surface area contributed by atoms with Gasteiger partial charge in [0.25, 0.3) is 0 Å². The normalized spacial score (nSPS) is 23.1. The van der Waals surface area contributed by atoms with Crippen molar-refractivity contribution in [1.29, 1.82) is 0 Å². The van der Waals surface area contributed by atoms with Gasteiger partial charge in [-0.05, 0) is 44.7 Å². The summed E-state index contributed by atoms with van der Waals surface area (Å²) in [6.07, 6.45) is 4.00. The van der Waals surface area contributed by atoms with Gasteiger partial charge in [0.05, 0.1) is 5.41 Å². The van der Waals surface area contributed by atoms with E-state index in [-0.39, 0.29) is 5.91 Å². The molecule has 1 amide bonds. The summed E-state index contributed by atoms with van der Waals surface area (Å²) in [5.74, 6) is -0.319. The van der Waals surface area contributed by atoms with E-state index in [0.29, 0.717) is 31.7 Å². The predicted octanol–water partition coefficient (Wildman–Crippen LogP) is 0.357. The maximum Gasteiger partial charge on any atom is 0.311 e. The summed E-state index contributed by atoms with van der Waals surface area (Å²) < 4.78 is 0. The lowest BCUT2D eigenvalue weighted by Crippen LogP contribution is -2.36. The van der Waals surface area contributed by atoms with Crippen LogP contribution in [-0.2, 0) is 9.59 Å². The highest BCUT2D eigenvalue weighted by Crippen LogP contribution is 2.45. The van der Waals surface area contributed by atoms with E-state index in [1.54, 1.807) is 0 Å². The molecule has 3 N–H and O–H groups in total. The fourth-order valence-corrected chi connectivity index (χ4v) is 2.31. The number of hydrogen-bond donors (Lipinski definition) is 3. The van der Waals surface area contributed by atoms with Crippen molar-refractivity contribution in [2.24, 2.45) is 11.3 Å². The SMILES string of the molecule is O=C(CC1CCNCC1)NCC1(C(=O)O)CC1. The quantitative estimate of drug-likeness (QED) is 0.648. The molecule has 0 atom stereocenters. The lowest BCUT2D eigenvalue weighted by molar-refractivity contribution is -0.143. The molecule has 96 valence electrons. The molecule has 0 aromatic carbocycles. The Bertz CT molecular complexity index is 307. The number of aliphatic carboxylic acids is 1. The Morgan fingerprint density at radius 1 is 1.29 bits per heavy atom. The number of rotatable bonds is 5. The molecule has 1 aliphatic heterocycles. The van der Waals surface area contributed by atoms with Gasteiger partial charge in [0.2, 0.25) is 5.91 Å². The van der Waals surface area contributed by atoms with Crippen molar-refractivity contribution in [2.75, 3.05) is 19.6 Å². The first-order chi connectivity index (χ1) is 8.12. The van der Waals surface area contributed by atoms with Crippen LogP contribution in [-0.4, -0.2) is 36.6 Å². The van der Waals surface area contributed by atoms with Gasteiger partial charge in [-0.1, -0.05) is 0 Å². The first kappa shape index (κ1) is 12.4. The van der Waals surface area contributed by atoms with Crippen LogP contribution in [0.5, 0.6) is 0 Å². The zero-order valence-corrected chi connectivity index (χ0v) is 10.00. The van der Waals surface area contributed by atoms with Crippen LogP contribution in [0.1, 0.15) is 32.1 Å². The van der Waals surface area contributed by atoms with Gasteiger partial charge in [-0.3, -0.25) is 9.59 Å². The van der Waals surface area contributed by atoms with Crippen molar-refractivity contribution in [3.8, 4) is 0 Å². The standard InChI is InChI=1S/C12H20N2O3/c15-10(7-9-1-5-13-6-2-9)14-8-12(3-4-12)11(16)17/h9,13H,1-8H2,(H,14,15)(H,16,17).